The molecule has 0 aliphatic carbocycles. The molecule has 6 heteroatoms. The van der Waals surface area contributed by atoms with Gasteiger partial charge in [-0.3, -0.25) is 0 Å². The van der Waals surface area contributed by atoms with Gasteiger partial charge in [0.05, 0.1) is 10.2 Å². The molecular formula is C11H12FNO2S2. The minimum absolute atomic E-state index is 0.0122. The van der Waals surface area contributed by atoms with E-state index in [-0.39, 0.29) is 10.8 Å². The van der Waals surface area contributed by atoms with Crippen LogP contribution in [-0.4, -0.2) is 18.9 Å². The Kier molecular flexibility index (Phi) is 3.44. The highest BCUT2D eigenvalue weighted by Gasteiger charge is 2.29. The normalized spacial score (nSPS) is 14.0. The summed E-state index contributed by atoms with van der Waals surface area (Å²) in [5.74, 6) is 0. The average Bonchev–Trinajstić information content (AvgIpc) is 2.73. The zero-order valence-electron chi connectivity index (χ0n) is 9.26. The summed E-state index contributed by atoms with van der Waals surface area (Å²) in [5.41, 5.74) is -1.26. The highest BCUT2D eigenvalue weighted by atomic mass is 32.2. The summed E-state index contributed by atoms with van der Waals surface area (Å²) in [5, 5.41) is 0. The first-order valence-electron chi connectivity index (χ1n) is 5.29. The largest absolute Gasteiger partial charge is 0.237 e. The average molecular weight is 273 g/mol. The van der Waals surface area contributed by atoms with Crippen molar-refractivity contribution in [2.24, 2.45) is 0 Å². The molecule has 1 aromatic heterocycles. The number of rotatable bonds is 4. The van der Waals surface area contributed by atoms with Crippen LogP contribution < -0.4 is 0 Å². The van der Waals surface area contributed by atoms with Crippen molar-refractivity contribution in [1.29, 1.82) is 0 Å². The zero-order chi connectivity index (χ0) is 12.5. The number of alkyl halides is 1. The van der Waals surface area contributed by atoms with Crippen molar-refractivity contribution in [3.05, 3.63) is 24.3 Å². The highest BCUT2D eigenvalue weighted by molar-refractivity contribution is 7.93. The fourth-order valence-corrected chi connectivity index (χ4v) is 4.20. The maximum absolute atomic E-state index is 13.6. The smallest absolute Gasteiger partial charge is 0.230 e. The van der Waals surface area contributed by atoms with Crippen molar-refractivity contribution in [2.75, 3.05) is 0 Å². The number of hydrogen-bond donors (Lipinski definition) is 0. The Hall–Kier alpha value is -1.01. The molecule has 17 heavy (non-hydrogen) atoms. The fraction of sp³-hybridized carbons (Fsp3) is 0.364. The molecule has 2 aromatic rings. The number of halogens is 1. The SMILES string of the molecule is CCCC(F)S(=O)(=O)c1nc2ccccc2s1. The molecule has 0 saturated carbocycles. The van der Waals surface area contributed by atoms with Crippen LogP contribution in [0, 0.1) is 0 Å². The van der Waals surface area contributed by atoms with Gasteiger partial charge in [-0.2, -0.15) is 0 Å². The third kappa shape index (κ3) is 2.32. The second-order valence-corrected chi connectivity index (χ2v) is 6.97. The summed E-state index contributed by atoms with van der Waals surface area (Å²) >= 11 is 1.02. The number of benzene rings is 1. The van der Waals surface area contributed by atoms with Crippen LogP contribution in [0.5, 0.6) is 0 Å². The zero-order valence-corrected chi connectivity index (χ0v) is 10.9. The Labute approximate surface area is 103 Å². The first-order valence-corrected chi connectivity index (χ1v) is 7.65. The van der Waals surface area contributed by atoms with Crippen molar-refractivity contribution in [3.8, 4) is 0 Å². The second kappa shape index (κ2) is 4.70. The molecule has 0 fully saturated rings. The number of hydrogen-bond acceptors (Lipinski definition) is 4. The molecule has 0 aliphatic rings. The van der Waals surface area contributed by atoms with Crippen LogP contribution >= 0.6 is 11.3 Å². The van der Waals surface area contributed by atoms with E-state index in [0.29, 0.717) is 11.9 Å². The van der Waals surface area contributed by atoms with Gasteiger partial charge >= 0.3 is 0 Å². The second-order valence-electron chi connectivity index (χ2n) is 3.69. The van der Waals surface area contributed by atoms with Crippen molar-refractivity contribution in [1.82, 2.24) is 4.98 Å². The molecule has 0 N–H and O–H groups in total. The first-order chi connectivity index (χ1) is 8.05. The van der Waals surface area contributed by atoms with Crippen LogP contribution in [0.4, 0.5) is 4.39 Å². The summed E-state index contributed by atoms with van der Waals surface area (Å²) in [6.45, 7) is 1.75. The third-order valence-electron chi connectivity index (χ3n) is 2.37. The molecule has 3 nitrogen and oxygen atoms in total. The molecule has 0 saturated heterocycles. The van der Waals surface area contributed by atoms with E-state index in [9.17, 15) is 12.8 Å². The molecular weight excluding hydrogens is 261 g/mol. The fourth-order valence-electron chi connectivity index (χ4n) is 1.46. The topological polar surface area (TPSA) is 47.0 Å². The molecule has 0 aliphatic heterocycles. The van der Waals surface area contributed by atoms with E-state index in [1.54, 1.807) is 31.2 Å². The molecule has 92 valence electrons. The van der Waals surface area contributed by atoms with Gasteiger partial charge in [0.2, 0.25) is 19.7 Å². The maximum atomic E-state index is 13.6. The van der Waals surface area contributed by atoms with Gasteiger partial charge in [0, 0.05) is 0 Å². The van der Waals surface area contributed by atoms with E-state index in [1.807, 2.05) is 0 Å². The lowest BCUT2D eigenvalue weighted by Crippen LogP contribution is -2.15. The molecule has 1 heterocycles. The van der Waals surface area contributed by atoms with E-state index in [4.69, 9.17) is 0 Å². The summed E-state index contributed by atoms with van der Waals surface area (Å²) in [4.78, 5) is 3.98. The summed E-state index contributed by atoms with van der Waals surface area (Å²) < 4.78 is 37.9. The number of thiazole rings is 1. The van der Waals surface area contributed by atoms with Crippen molar-refractivity contribution in [2.45, 2.75) is 29.6 Å². The first kappa shape index (κ1) is 12.4. The quantitative estimate of drug-likeness (QED) is 0.859. The van der Waals surface area contributed by atoms with E-state index in [2.05, 4.69) is 4.98 Å². The Morgan fingerprint density at radius 1 is 1.41 bits per heavy atom. The standard InChI is InChI=1S/C11H12FNO2S2/c1-2-5-10(12)17(14,15)11-13-8-6-3-4-7-9(8)16-11/h3-4,6-7,10H,2,5H2,1H3. The van der Waals surface area contributed by atoms with Gasteiger partial charge in [-0.25, -0.2) is 17.8 Å². The molecule has 0 radical (unpaired) electrons. The lowest BCUT2D eigenvalue weighted by atomic mass is 10.3. The summed E-state index contributed by atoms with van der Waals surface area (Å²) in [7, 11) is -3.92. The molecule has 1 aromatic carbocycles. The number of nitrogens with zero attached hydrogens (tertiary/aromatic N) is 1. The van der Waals surface area contributed by atoms with Crippen molar-refractivity contribution in [3.63, 3.8) is 0 Å². The van der Waals surface area contributed by atoms with E-state index in [1.165, 1.54) is 0 Å². The van der Waals surface area contributed by atoms with Gasteiger partial charge in [0.25, 0.3) is 0 Å². The van der Waals surface area contributed by atoms with Crippen molar-refractivity contribution < 1.29 is 12.8 Å². The van der Waals surface area contributed by atoms with Gasteiger partial charge in [-0.15, -0.1) is 11.3 Å². The molecule has 0 bridgehead atoms. The maximum Gasteiger partial charge on any atom is 0.237 e. The lowest BCUT2D eigenvalue weighted by Gasteiger charge is -2.04. The predicted molar refractivity (Wildman–Crippen MR) is 66.6 cm³/mol. The monoisotopic (exact) mass is 273 g/mol. The molecule has 2 rings (SSSR count). The van der Waals surface area contributed by atoms with E-state index < -0.39 is 15.3 Å². The summed E-state index contributed by atoms with van der Waals surface area (Å²) in [6, 6.07) is 7.07. The Morgan fingerprint density at radius 2 is 2.12 bits per heavy atom. The minimum atomic E-state index is -3.92. The van der Waals surface area contributed by atoms with E-state index in [0.717, 1.165) is 16.0 Å². The predicted octanol–water partition coefficient (Wildman–Crippen LogP) is 3.17. The Balaban J connectivity index is 2.45. The summed E-state index contributed by atoms with van der Waals surface area (Å²) in [6.07, 6.45) is 0.504. The Bertz CT molecular complexity index is 588. The number of aromatic nitrogens is 1. The molecule has 0 amide bonds. The number of para-hydroxylation sites is 1. The van der Waals surface area contributed by atoms with Gasteiger partial charge < -0.3 is 0 Å². The lowest BCUT2D eigenvalue weighted by molar-refractivity contribution is 0.396. The van der Waals surface area contributed by atoms with Crippen LogP contribution in [0.1, 0.15) is 19.8 Å². The third-order valence-corrected chi connectivity index (χ3v) is 5.64. The van der Waals surface area contributed by atoms with Crippen LogP contribution in [0.2, 0.25) is 0 Å². The minimum Gasteiger partial charge on any atom is -0.230 e. The molecule has 1 unspecified atom stereocenters. The van der Waals surface area contributed by atoms with Gasteiger partial charge in [0.15, 0.2) is 0 Å². The van der Waals surface area contributed by atoms with Crippen LogP contribution in [0.25, 0.3) is 10.2 Å². The van der Waals surface area contributed by atoms with Crippen molar-refractivity contribution >= 4 is 31.4 Å². The number of fused-ring (bicyclic) bond motifs is 1. The van der Waals surface area contributed by atoms with Crippen LogP contribution in [0.15, 0.2) is 28.6 Å². The highest BCUT2D eigenvalue weighted by Crippen LogP contribution is 2.29. The number of sulfone groups is 1. The van der Waals surface area contributed by atoms with Crippen LogP contribution in [-0.2, 0) is 9.84 Å². The van der Waals surface area contributed by atoms with Gasteiger partial charge in [-0.1, -0.05) is 25.5 Å². The van der Waals surface area contributed by atoms with E-state index >= 15 is 0 Å². The Morgan fingerprint density at radius 3 is 2.76 bits per heavy atom. The van der Waals surface area contributed by atoms with Gasteiger partial charge in [-0.05, 0) is 18.6 Å². The van der Waals surface area contributed by atoms with Gasteiger partial charge in [0.1, 0.15) is 0 Å². The molecule has 0 spiro atoms. The van der Waals surface area contributed by atoms with Crippen LogP contribution in [0.3, 0.4) is 0 Å². The molecule has 1 atom stereocenters.